The first kappa shape index (κ1) is 24.1. The molecular formula is C21H20F3NO5S. The number of carbonyl (C=O) groups is 2. The number of benzene rings is 2. The summed E-state index contributed by atoms with van der Waals surface area (Å²) in [6, 6.07) is 7.36. The van der Waals surface area contributed by atoms with E-state index >= 15 is 0 Å². The van der Waals surface area contributed by atoms with Gasteiger partial charge >= 0.3 is 12.3 Å². The molecule has 0 saturated heterocycles. The second-order valence-corrected chi connectivity index (χ2v) is 8.50. The highest BCUT2D eigenvalue weighted by molar-refractivity contribution is 7.89. The number of ether oxygens (including phenoxy) is 1. The summed E-state index contributed by atoms with van der Waals surface area (Å²) < 4.78 is 70.4. The number of hydrogen-bond acceptors (Lipinski definition) is 5. The molecule has 2 aromatic carbocycles. The molecule has 0 unspecified atom stereocenters. The Morgan fingerprint density at radius 1 is 1.03 bits per heavy atom. The van der Waals surface area contributed by atoms with Gasteiger partial charge in [0, 0.05) is 5.57 Å². The average Bonchev–Trinajstić information content (AvgIpc) is 2.70. The quantitative estimate of drug-likeness (QED) is 0.592. The number of methoxy groups -OCH3 is 1. The van der Waals surface area contributed by atoms with Crippen molar-refractivity contribution >= 4 is 21.9 Å². The summed E-state index contributed by atoms with van der Waals surface area (Å²) in [5.41, 5.74) is -0.597. The molecule has 31 heavy (non-hydrogen) atoms. The molecule has 0 saturated carbocycles. The average molecular weight is 455 g/mol. The molecule has 2 aromatic rings. The van der Waals surface area contributed by atoms with E-state index in [9.17, 15) is 31.2 Å². The van der Waals surface area contributed by atoms with Crippen molar-refractivity contribution < 1.29 is 35.9 Å². The maximum absolute atomic E-state index is 13.3. The first-order valence-corrected chi connectivity index (χ1v) is 10.3. The normalized spacial score (nSPS) is 12.7. The molecule has 0 heterocycles. The lowest BCUT2D eigenvalue weighted by Crippen LogP contribution is -2.41. The molecule has 0 N–H and O–H groups in total. The van der Waals surface area contributed by atoms with E-state index in [4.69, 9.17) is 0 Å². The SMILES string of the molecule is C=C(C(C)=O)[C@H](c1ccc(C(F)(F)F)cc1)N(C(=O)OC)S(=O)(=O)c1ccc(C)cc1. The molecule has 0 aromatic heterocycles. The van der Waals surface area contributed by atoms with Crippen molar-refractivity contribution in [2.75, 3.05) is 7.11 Å². The van der Waals surface area contributed by atoms with Gasteiger partial charge in [-0.1, -0.05) is 36.4 Å². The van der Waals surface area contributed by atoms with E-state index < -0.39 is 39.7 Å². The second kappa shape index (κ2) is 8.93. The van der Waals surface area contributed by atoms with Crippen molar-refractivity contribution in [2.45, 2.75) is 31.0 Å². The van der Waals surface area contributed by atoms with Gasteiger partial charge in [-0.2, -0.15) is 17.5 Å². The van der Waals surface area contributed by atoms with Crippen LogP contribution in [0.25, 0.3) is 0 Å². The van der Waals surface area contributed by atoms with Gasteiger partial charge < -0.3 is 4.74 Å². The largest absolute Gasteiger partial charge is 0.452 e. The van der Waals surface area contributed by atoms with E-state index in [2.05, 4.69) is 11.3 Å². The van der Waals surface area contributed by atoms with Gasteiger partial charge in [-0.3, -0.25) is 4.79 Å². The summed E-state index contributed by atoms with van der Waals surface area (Å²) in [6.45, 7) is 6.41. The van der Waals surface area contributed by atoms with E-state index in [1.165, 1.54) is 24.3 Å². The summed E-state index contributed by atoms with van der Waals surface area (Å²) >= 11 is 0. The topological polar surface area (TPSA) is 80.8 Å². The summed E-state index contributed by atoms with van der Waals surface area (Å²) in [5.74, 6) is -0.655. The number of aryl methyl sites for hydroxylation is 1. The molecule has 1 atom stereocenters. The first-order chi connectivity index (χ1) is 14.3. The molecule has 0 spiro atoms. The summed E-state index contributed by atoms with van der Waals surface area (Å²) in [6.07, 6.45) is -5.95. The van der Waals surface area contributed by atoms with Crippen molar-refractivity contribution in [1.29, 1.82) is 0 Å². The zero-order chi connectivity index (χ0) is 23.6. The Hall–Kier alpha value is -3.14. The van der Waals surface area contributed by atoms with Gasteiger partial charge in [0.05, 0.1) is 17.6 Å². The van der Waals surface area contributed by atoms with Crippen LogP contribution < -0.4 is 0 Å². The lowest BCUT2D eigenvalue weighted by molar-refractivity contribution is -0.137. The first-order valence-electron chi connectivity index (χ1n) is 8.86. The summed E-state index contributed by atoms with van der Waals surface area (Å²) in [7, 11) is -3.63. The van der Waals surface area contributed by atoms with Crippen LogP contribution in [0.1, 0.15) is 29.7 Å². The molecule has 0 aliphatic rings. The number of amides is 1. The minimum absolute atomic E-state index is 0.0608. The maximum atomic E-state index is 13.3. The zero-order valence-electron chi connectivity index (χ0n) is 16.9. The van der Waals surface area contributed by atoms with Crippen molar-refractivity contribution in [1.82, 2.24) is 4.31 Å². The van der Waals surface area contributed by atoms with Crippen LogP contribution in [0, 0.1) is 6.92 Å². The highest BCUT2D eigenvalue weighted by Crippen LogP contribution is 2.36. The smallest absolute Gasteiger partial charge is 0.424 e. The zero-order valence-corrected chi connectivity index (χ0v) is 17.8. The highest BCUT2D eigenvalue weighted by Gasteiger charge is 2.40. The van der Waals surface area contributed by atoms with Crippen LogP contribution in [0.15, 0.2) is 65.6 Å². The number of Topliss-reactive ketones (excluding diaryl/α,β-unsaturated/α-hetero) is 1. The lowest BCUT2D eigenvalue weighted by atomic mass is 9.96. The van der Waals surface area contributed by atoms with E-state index in [-0.39, 0.29) is 16.0 Å². The molecule has 0 bridgehead atoms. The number of halogens is 3. The van der Waals surface area contributed by atoms with Crippen molar-refractivity contribution in [2.24, 2.45) is 0 Å². The highest BCUT2D eigenvalue weighted by atomic mass is 32.2. The number of rotatable bonds is 6. The summed E-state index contributed by atoms with van der Waals surface area (Å²) in [5, 5.41) is 0. The van der Waals surface area contributed by atoms with Crippen molar-refractivity contribution in [3.8, 4) is 0 Å². The maximum Gasteiger partial charge on any atom is 0.424 e. The van der Waals surface area contributed by atoms with Crippen LogP contribution in [-0.2, 0) is 25.7 Å². The monoisotopic (exact) mass is 455 g/mol. The van der Waals surface area contributed by atoms with Gasteiger partial charge in [0.25, 0.3) is 10.0 Å². The molecule has 6 nitrogen and oxygen atoms in total. The number of nitrogens with zero attached hydrogens (tertiary/aromatic N) is 1. The Morgan fingerprint density at radius 3 is 1.97 bits per heavy atom. The standard InChI is InChI=1S/C21H20F3NO5S/c1-13-5-11-18(12-6-13)31(28,29)25(20(27)30-4)19(14(2)15(3)26)16-7-9-17(10-8-16)21(22,23)24/h5-12,19H,2H2,1,3-4H3/t19-/m1/s1. The molecule has 0 aliphatic carbocycles. The fourth-order valence-electron chi connectivity index (χ4n) is 2.78. The van der Waals surface area contributed by atoms with Gasteiger partial charge in [-0.05, 0) is 43.7 Å². The van der Waals surface area contributed by atoms with Crippen LogP contribution in [0.3, 0.4) is 0 Å². The van der Waals surface area contributed by atoms with Crippen LogP contribution >= 0.6 is 0 Å². The Labute approximate surface area is 178 Å². The van der Waals surface area contributed by atoms with Crippen molar-refractivity contribution in [3.63, 3.8) is 0 Å². The fraction of sp³-hybridized carbons (Fsp3) is 0.238. The molecule has 166 valence electrons. The van der Waals surface area contributed by atoms with Gasteiger partial charge in [0.2, 0.25) is 0 Å². The Morgan fingerprint density at radius 2 is 1.55 bits per heavy atom. The van der Waals surface area contributed by atoms with Crippen LogP contribution in [0.5, 0.6) is 0 Å². The van der Waals surface area contributed by atoms with Gasteiger partial charge in [0.15, 0.2) is 5.78 Å². The number of carbonyl (C=O) groups excluding carboxylic acids is 2. The van der Waals surface area contributed by atoms with Crippen molar-refractivity contribution in [3.05, 3.63) is 77.4 Å². The lowest BCUT2D eigenvalue weighted by Gasteiger charge is -2.31. The minimum atomic E-state index is -4.62. The molecule has 10 heteroatoms. The number of alkyl halides is 3. The number of hydrogen-bond donors (Lipinski definition) is 0. The molecular weight excluding hydrogens is 435 g/mol. The summed E-state index contributed by atoms with van der Waals surface area (Å²) in [4.78, 5) is 24.3. The Kier molecular flexibility index (Phi) is 6.95. The van der Waals surface area contributed by atoms with E-state index in [0.29, 0.717) is 4.31 Å². The third-order valence-electron chi connectivity index (χ3n) is 4.50. The van der Waals surface area contributed by atoms with Gasteiger partial charge in [0.1, 0.15) is 6.04 Å². The number of sulfonamides is 1. The van der Waals surface area contributed by atoms with E-state index in [0.717, 1.165) is 43.9 Å². The van der Waals surface area contributed by atoms with Crippen LogP contribution in [-0.4, -0.2) is 31.7 Å². The number of ketones is 1. The van der Waals surface area contributed by atoms with E-state index in [1.807, 2.05) is 0 Å². The van der Waals surface area contributed by atoms with Gasteiger partial charge in [-0.25, -0.2) is 13.2 Å². The predicted molar refractivity (Wildman–Crippen MR) is 107 cm³/mol. The Balaban J connectivity index is 2.72. The van der Waals surface area contributed by atoms with Crippen LogP contribution in [0.2, 0.25) is 0 Å². The minimum Gasteiger partial charge on any atom is -0.452 e. The molecule has 0 fully saturated rings. The predicted octanol–water partition coefficient (Wildman–Crippen LogP) is 4.66. The second-order valence-electron chi connectivity index (χ2n) is 6.69. The van der Waals surface area contributed by atoms with Crippen LogP contribution in [0.4, 0.5) is 18.0 Å². The third kappa shape index (κ3) is 5.13. The fourth-order valence-corrected chi connectivity index (χ4v) is 4.29. The Bertz CT molecular complexity index is 1090. The molecule has 2 rings (SSSR count). The van der Waals surface area contributed by atoms with Gasteiger partial charge in [-0.15, -0.1) is 0 Å². The molecule has 0 radical (unpaired) electrons. The molecule has 0 aliphatic heterocycles. The third-order valence-corrected chi connectivity index (χ3v) is 6.25. The molecule has 1 amide bonds. The van der Waals surface area contributed by atoms with E-state index in [1.54, 1.807) is 6.92 Å².